The minimum absolute atomic E-state index is 0.265. The number of hydrogen-bond donors (Lipinski definition) is 2. The summed E-state index contributed by atoms with van der Waals surface area (Å²) in [4.78, 5) is 33.6. The maximum Gasteiger partial charge on any atom is 0.407 e. The molecule has 0 saturated carbocycles. The summed E-state index contributed by atoms with van der Waals surface area (Å²) in [6.45, 7) is 5.88. The molecule has 6 nitrogen and oxygen atoms in total. The van der Waals surface area contributed by atoms with Crippen molar-refractivity contribution in [3.05, 3.63) is 35.4 Å². The number of alkyl carbamates (subject to hydrolysis) is 1. The summed E-state index contributed by atoms with van der Waals surface area (Å²) in [6.07, 6.45) is 0.194. The Bertz CT molecular complexity index is 503. The van der Waals surface area contributed by atoms with E-state index in [1.165, 1.54) is 0 Å². The zero-order chi connectivity index (χ0) is 15.9. The van der Waals surface area contributed by atoms with E-state index in [4.69, 9.17) is 4.74 Å². The molecule has 0 aromatic heterocycles. The van der Waals surface area contributed by atoms with Crippen LogP contribution in [0.5, 0.6) is 0 Å². The van der Waals surface area contributed by atoms with E-state index in [1.54, 1.807) is 45.0 Å². The number of ether oxygens (including phenoxy) is 1. The molecular formula is C15H20N2O4. The summed E-state index contributed by atoms with van der Waals surface area (Å²) in [5.74, 6) is -0.265. The van der Waals surface area contributed by atoms with Gasteiger partial charge in [0.25, 0.3) is 5.91 Å². The van der Waals surface area contributed by atoms with Gasteiger partial charge in [-0.25, -0.2) is 4.79 Å². The van der Waals surface area contributed by atoms with Gasteiger partial charge in [-0.3, -0.25) is 9.59 Å². The molecule has 2 N–H and O–H groups in total. The van der Waals surface area contributed by atoms with Crippen LogP contribution in [0.3, 0.4) is 0 Å². The number of amides is 2. The first-order valence-corrected chi connectivity index (χ1v) is 6.62. The molecular weight excluding hydrogens is 272 g/mol. The molecule has 0 aliphatic rings. The molecule has 0 saturated heterocycles. The van der Waals surface area contributed by atoms with E-state index >= 15 is 0 Å². The Morgan fingerprint density at radius 3 is 2.19 bits per heavy atom. The minimum Gasteiger partial charge on any atom is -0.444 e. The van der Waals surface area contributed by atoms with E-state index in [0.29, 0.717) is 17.4 Å². The fourth-order valence-corrected chi connectivity index (χ4v) is 1.47. The maximum absolute atomic E-state index is 11.8. The van der Waals surface area contributed by atoms with Gasteiger partial charge >= 0.3 is 6.09 Å². The summed E-state index contributed by atoms with van der Waals surface area (Å²) in [7, 11) is 0. The van der Waals surface area contributed by atoms with Crippen molar-refractivity contribution in [2.45, 2.75) is 26.4 Å². The number of rotatable bonds is 5. The summed E-state index contributed by atoms with van der Waals surface area (Å²) in [6, 6.07) is 6.28. The number of aldehydes is 1. The molecule has 1 aromatic rings. The SMILES string of the molecule is CC(C)(C)OC(=O)NCCNC(=O)c1ccc(C=O)cc1. The second-order valence-electron chi connectivity index (χ2n) is 5.42. The Kier molecular flexibility index (Phi) is 5.90. The lowest BCUT2D eigenvalue weighted by molar-refractivity contribution is 0.0526. The highest BCUT2D eigenvalue weighted by Crippen LogP contribution is 2.06. The van der Waals surface area contributed by atoms with Crippen LogP contribution in [0.15, 0.2) is 24.3 Å². The van der Waals surface area contributed by atoms with Gasteiger partial charge in [0.2, 0.25) is 0 Å². The molecule has 0 radical (unpaired) electrons. The van der Waals surface area contributed by atoms with Gasteiger partial charge in [-0.05, 0) is 32.9 Å². The van der Waals surface area contributed by atoms with E-state index < -0.39 is 11.7 Å². The second-order valence-corrected chi connectivity index (χ2v) is 5.42. The Balaban J connectivity index is 2.30. The minimum atomic E-state index is -0.548. The van der Waals surface area contributed by atoms with E-state index in [-0.39, 0.29) is 19.0 Å². The van der Waals surface area contributed by atoms with Gasteiger partial charge < -0.3 is 15.4 Å². The van der Waals surface area contributed by atoms with E-state index in [0.717, 1.165) is 0 Å². The fourth-order valence-electron chi connectivity index (χ4n) is 1.47. The monoisotopic (exact) mass is 292 g/mol. The van der Waals surface area contributed by atoms with Crippen molar-refractivity contribution < 1.29 is 19.1 Å². The predicted octanol–water partition coefficient (Wildman–Crippen LogP) is 1.75. The number of hydrogen-bond acceptors (Lipinski definition) is 4. The van der Waals surface area contributed by atoms with Crippen molar-refractivity contribution in [2.75, 3.05) is 13.1 Å². The number of nitrogens with one attached hydrogen (secondary N) is 2. The van der Waals surface area contributed by atoms with Crippen molar-refractivity contribution in [3.8, 4) is 0 Å². The number of benzene rings is 1. The van der Waals surface area contributed by atoms with Crippen molar-refractivity contribution in [2.24, 2.45) is 0 Å². The van der Waals surface area contributed by atoms with E-state index in [2.05, 4.69) is 10.6 Å². The molecule has 0 fully saturated rings. The average molecular weight is 292 g/mol. The van der Waals surface area contributed by atoms with Crippen molar-refractivity contribution in [1.29, 1.82) is 0 Å². The first-order valence-electron chi connectivity index (χ1n) is 6.62. The van der Waals surface area contributed by atoms with Crippen LogP contribution in [0.1, 0.15) is 41.5 Å². The van der Waals surface area contributed by atoms with Crippen LogP contribution >= 0.6 is 0 Å². The van der Waals surface area contributed by atoms with Crippen LogP contribution in [-0.2, 0) is 4.74 Å². The van der Waals surface area contributed by atoms with Crippen molar-refractivity contribution >= 4 is 18.3 Å². The summed E-state index contributed by atoms with van der Waals surface area (Å²) < 4.78 is 5.06. The highest BCUT2D eigenvalue weighted by Gasteiger charge is 2.15. The topological polar surface area (TPSA) is 84.5 Å². The highest BCUT2D eigenvalue weighted by molar-refractivity contribution is 5.94. The molecule has 0 atom stereocenters. The van der Waals surface area contributed by atoms with Gasteiger partial charge in [0.05, 0.1) is 0 Å². The second kappa shape index (κ2) is 7.42. The summed E-state index contributed by atoms with van der Waals surface area (Å²) >= 11 is 0. The molecule has 114 valence electrons. The van der Waals surface area contributed by atoms with Crippen LogP contribution in [0.2, 0.25) is 0 Å². The Labute approximate surface area is 123 Å². The molecule has 21 heavy (non-hydrogen) atoms. The zero-order valence-corrected chi connectivity index (χ0v) is 12.4. The Hall–Kier alpha value is -2.37. The number of carbonyl (C=O) groups is 3. The van der Waals surface area contributed by atoms with Gasteiger partial charge in [-0.2, -0.15) is 0 Å². The molecule has 1 aromatic carbocycles. The molecule has 6 heteroatoms. The lowest BCUT2D eigenvalue weighted by Gasteiger charge is -2.19. The van der Waals surface area contributed by atoms with Crippen molar-refractivity contribution in [1.82, 2.24) is 10.6 Å². The third-order valence-electron chi connectivity index (χ3n) is 2.39. The van der Waals surface area contributed by atoms with Gasteiger partial charge in [-0.1, -0.05) is 12.1 Å². The zero-order valence-electron chi connectivity index (χ0n) is 12.4. The lowest BCUT2D eigenvalue weighted by atomic mass is 10.1. The third-order valence-corrected chi connectivity index (χ3v) is 2.39. The van der Waals surface area contributed by atoms with Crippen LogP contribution in [0.4, 0.5) is 4.79 Å². The first-order chi connectivity index (χ1) is 9.81. The number of carbonyl (C=O) groups excluding carboxylic acids is 3. The molecule has 1 rings (SSSR count). The van der Waals surface area contributed by atoms with Gasteiger partial charge in [-0.15, -0.1) is 0 Å². The largest absolute Gasteiger partial charge is 0.444 e. The first kappa shape index (κ1) is 16.7. The summed E-state index contributed by atoms with van der Waals surface area (Å²) in [5, 5.41) is 5.20. The van der Waals surface area contributed by atoms with Gasteiger partial charge in [0, 0.05) is 24.2 Å². The van der Waals surface area contributed by atoms with Crippen LogP contribution in [0, 0.1) is 0 Å². The lowest BCUT2D eigenvalue weighted by Crippen LogP contribution is -2.37. The third kappa shape index (κ3) is 6.56. The summed E-state index contributed by atoms with van der Waals surface area (Å²) in [5.41, 5.74) is 0.421. The van der Waals surface area contributed by atoms with Crippen molar-refractivity contribution in [3.63, 3.8) is 0 Å². The molecule has 0 heterocycles. The molecule has 0 bridgehead atoms. The van der Waals surface area contributed by atoms with Crippen LogP contribution in [0.25, 0.3) is 0 Å². The molecule has 2 amide bonds. The standard InChI is InChI=1S/C15H20N2O4/c1-15(2,3)21-14(20)17-9-8-16-13(19)12-6-4-11(10-18)5-7-12/h4-7,10H,8-9H2,1-3H3,(H,16,19)(H,17,20). The Morgan fingerprint density at radius 2 is 1.67 bits per heavy atom. The average Bonchev–Trinajstić information content (AvgIpc) is 2.41. The smallest absolute Gasteiger partial charge is 0.407 e. The van der Waals surface area contributed by atoms with E-state index in [9.17, 15) is 14.4 Å². The molecule has 0 unspecified atom stereocenters. The highest BCUT2D eigenvalue weighted by atomic mass is 16.6. The van der Waals surface area contributed by atoms with Gasteiger partial charge in [0.1, 0.15) is 11.9 Å². The molecule has 0 aliphatic carbocycles. The van der Waals surface area contributed by atoms with E-state index in [1.807, 2.05) is 0 Å². The Morgan fingerprint density at radius 1 is 1.10 bits per heavy atom. The fraction of sp³-hybridized carbons (Fsp3) is 0.400. The maximum atomic E-state index is 11.8. The molecule has 0 spiro atoms. The quantitative estimate of drug-likeness (QED) is 0.639. The predicted molar refractivity (Wildman–Crippen MR) is 78.4 cm³/mol. The van der Waals surface area contributed by atoms with Crippen LogP contribution < -0.4 is 10.6 Å². The molecule has 0 aliphatic heterocycles. The normalized spacial score (nSPS) is 10.6. The van der Waals surface area contributed by atoms with Crippen LogP contribution in [-0.4, -0.2) is 37.0 Å². The van der Waals surface area contributed by atoms with Gasteiger partial charge in [0.15, 0.2) is 0 Å².